The standard InChI is InChI=1S/C15H19BrClN3O/c1-15(2,3)19-14(21)9-20-12-8-10(16)4-5-11(12)18-13(20)6-7-17/h4-5,8H,6-7,9H2,1-3H3,(H,19,21). The molecule has 0 atom stereocenters. The first-order valence-corrected chi connectivity index (χ1v) is 8.14. The van der Waals surface area contributed by atoms with E-state index in [1.54, 1.807) is 0 Å². The smallest absolute Gasteiger partial charge is 0.240 e. The van der Waals surface area contributed by atoms with Crippen molar-refractivity contribution < 1.29 is 4.79 Å². The molecule has 0 spiro atoms. The summed E-state index contributed by atoms with van der Waals surface area (Å²) in [6, 6.07) is 5.86. The number of rotatable bonds is 4. The Labute approximate surface area is 138 Å². The van der Waals surface area contributed by atoms with Crippen LogP contribution in [0.1, 0.15) is 26.6 Å². The molecule has 0 radical (unpaired) electrons. The molecule has 0 bridgehead atoms. The molecule has 0 saturated heterocycles. The molecule has 0 aliphatic rings. The Morgan fingerprint density at radius 2 is 2.14 bits per heavy atom. The van der Waals surface area contributed by atoms with E-state index in [0.29, 0.717) is 12.3 Å². The van der Waals surface area contributed by atoms with Gasteiger partial charge in [0.15, 0.2) is 0 Å². The quantitative estimate of drug-likeness (QED) is 0.835. The molecule has 1 amide bonds. The number of nitrogens with zero attached hydrogens (tertiary/aromatic N) is 2. The number of halogens is 2. The van der Waals surface area contributed by atoms with Crippen molar-refractivity contribution in [3.8, 4) is 0 Å². The molecular formula is C15H19BrClN3O. The molecule has 2 aromatic rings. The van der Waals surface area contributed by atoms with Gasteiger partial charge in [-0.2, -0.15) is 0 Å². The zero-order valence-electron chi connectivity index (χ0n) is 12.4. The number of nitrogens with one attached hydrogen (secondary N) is 1. The van der Waals surface area contributed by atoms with E-state index >= 15 is 0 Å². The molecule has 0 saturated carbocycles. The second-order valence-electron chi connectivity index (χ2n) is 5.98. The van der Waals surface area contributed by atoms with E-state index < -0.39 is 0 Å². The monoisotopic (exact) mass is 371 g/mol. The van der Waals surface area contributed by atoms with Gasteiger partial charge in [-0.05, 0) is 39.0 Å². The summed E-state index contributed by atoms with van der Waals surface area (Å²) in [5.41, 5.74) is 1.57. The third-order valence-corrected chi connectivity index (χ3v) is 3.61. The van der Waals surface area contributed by atoms with Crippen LogP contribution in [0.2, 0.25) is 0 Å². The zero-order chi connectivity index (χ0) is 15.6. The van der Waals surface area contributed by atoms with Gasteiger partial charge < -0.3 is 9.88 Å². The van der Waals surface area contributed by atoms with Crippen LogP contribution in [-0.2, 0) is 17.8 Å². The van der Waals surface area contributed by atoms with Crippen LogP contribution in [0.15, 0.2) is 22.7 Å². The number of carbonyl (C=O) groups excluding carboxylic acids is 1. The number of hydrogen-bond acceptors (Lipinski definition) is 2. The number of aryl methyl sites for hydroxylation is 1. The Balaban J connectivity index is 2.37. The Kier molecular flexibility index (Phi) is 4.94. The maximum Gasteiger partial charge on any atom is 0.240 e. The number of benzene rings is 1. The van der Waals surface area contributed by atoms with E-state index in [4.69, 9.17) is 11.6 Å². The maximum absolute atomic E-state index is 12.2. The van der Waals surface area contributed by atoms with Crippen molar-refractivity contribution in [2.45, 2.75) is 39.3 Å². The molecule has 0 aliphatic heterocycles. The SMILES string of the molecule is CC(C)(C)NC(=O)Cn1c(CCCl)nc2ccc(Br)cc21. The molecule has 1 aromatic heterocycles. The molecular weight excluding hydrogens is 354 g/mol. The zero-order valence-corrected chi connectivity index (χ0v) is 14.8. The lowest BCUT2D eigenvalue weighted by molar-refractivity contribution is -0.123. The van der Waals surface area contributed by atoms with Gasteiger partial charge in [-0.1, -0.05) is 15.9 Å². The van der Waals surface area contributed by atoms with Gasteiger partial charge in [0.1, 0.15) is 12.4 Å². The molecule has 1 heterocycles. The third kappa shape index (κ3) is 4.20. The molecule has 1 N–H and O–H groups in total. The third-order valence-electron chi connectivity index (χ3n) is 2.92. The number of imidazole rings is 1. The van der Waals surface area contributed by atoms with E-state index in [2.05, 4.69) is 26.2 Å². The minimum absolute atomic E-state index is 0.0300. The van der Waals surface area contributed by atoms with Crippen molar-refractivity contribution in [3.63, 3.8) is 0 Å². The van der Waals surface area contributed by atoms with Gasteiger partial charge in [0.25, 0.3) is 0 Å². The van der Waals surface area contributed by atoms with Crippen molar-refractivity contribution in [2.24, 2.45) is 0 Å². The van der Waals surface area contributed by atoms with E-state index in [9.17, 15) is 4.79 Å². The van der Waals surface area contributed by atoms with E-state index in [-0.39, 0.29) is 18.0 Å². The molecule has 4 nitrogen and oxygen atoms in total. The van der Waals surface area contributed by atoms with Crippen LogP contribution in [0.5, 0.6) is 0 Å². The highest BCUT2D eigenvalue weighted by molar-refractivity contribution is 9.10. The lowest BCUT2D eigenvalue weighted by Crippen LogP contribution is -2.42. The first-order chi connectivity index (χ1) is 9.80. The number of hydrogen-bond donors (Lipinski definition) is 1. The largest absolute Gasteiger partial charge is 0.350 e. The molecule has 114 valence electrons. The summed E-state index contributed by atoms with van der Waals surface area (Å²) in [5, 5.41) is 2.97. The highest BCUT2D eigenvalue weighted by Crippen LogP contribution is 2.21. The number of alkyl halides is 1. The summed E-state index contributed by atoms with van der Waals surface area (Å²) in [4.78, 5) is 16.8. The molecule has 0 aliphatic carbocycles. The van der Waals surface area contributed by atoms with E-state index in [1.807, 2.05) is 43.5 Å². The van der Waals surface area contributed by atoms with E-state index in [0.717, 1.165) is 21.3 Å². The summed E-state index contributed by atoms with van der Waals surface area (Å²) in [7, 11) is 0. The van der Waals surface area contributed by atoms with Crippen molar-refractivity contribution in [3.05, 3.63) is 28.5 Å². The average Bonchev–Trinajstić information content (AvgIpc) is 2.66. The molecule has 6 heteroatoms. The highest BCUT2D eigenvalue weighted by atomic mass is 79.9. The van der Waals surface area contributed by atoms with Gasteiger partial charge in [-0.3, -0.25) is 4.79 Å². The van der Waals surface area contributed by atoms with Gasteiger partial charge in [0.2, 0.25) is 5.91 Å². The molecule has 0 unspecified atom stereocenters. The molecule has 1 aromatic carbocycles. The number of carbonyl (C=O) groups is 1. The lowest BCUT2D eigenvalue weighted by atomic mass is 10.1. The number of aromatic nitrogens is 2. The second-order valence-corrected chi connectivity index (χ2v) is 7.28. The summed E-state index contributed by atoms with van der Waals surface area (Å²) in [5.74, 6) is 1.28. The fourth-order valence-corrected chi connectivity index (χ4v) is 2.72. The highest BCUT2D eigenvalue weighted by Gasteiger charge is 2.17. The van der Waals surface area contributed by atoms with Crippen LogP contribution in [-0.4, -0.2) is 26.9 Å². The molecule has 0 fully saturated rings. The Bertz CT molecular complexity index is 661. The van der Waals surface area contributed by atoms with Crippen molar-refractivity contribution >= 4 is 44.5 Å². The number of amides is 1. The van der Waals surface area contributed by atoms with Gasteiger partial charge in [-0.25, -0.2) is 4.98 Å². The van der Waals surface area contributed by atoms with Gasteiger partial charge in [-0.15, -0.1) is 11.6 Å². The predicted molar refractivity (Wildman–Crippen MR) is 89.8 cm³/mol. The molecule has 21 heavy (non-hydrogen) atoms. The van der Waals surface area contributed by atoms with Crippen LogP contribution >= 0.6 is 27.5 Å². The van der Waals surface area contributed by atoms with Crippen molar-refractivity contribution in [1.82, 2.24) is 14.9 Å². The Morgan fingerprint density at radius 1 is 1.43 bits per heavy atom. The average molecular weight is 373 g/mol. The normalized spacial score (nSPS) is 11.9. The first kappa shape index (κ1) is 16.3. The fourth-order valence-electron chi connectivity index (χ4n) is 2.20. The van der Waals surface area contributed by atoms with Crippen molar-refractivity contribution in [2.75, 3.05) is 5.88 Å². The molecule has 2 rings (SSSR count). The minimum Gasteiger partial charge on any atom is -0.350 e. The predicted octanol–water partition coefficient (Wildman–Crippen LogP) is 3.49. The van der Waals surface area contributed by atoms with Crippen LogP contribution in [0, 0.1) is 0 Å². The Morgan fingerprint density at radius 3 is 2.76 bits per heavy atom. The summed E-state index contributed by atoms with van der Waals surface area (Å²) in [6.07, 6.45) is 0.636. The van der Waals surface area contributed by atoms with E-state index in [1.165, 1.54) is 0 Å². The fraction of sp³-hybridized carbons (Fsp3) is 0.467. The van der Waals surface area contributed by atoms with Gasteiger partial charge in [0, 0.05) is 22.3 Å². The van der Waals surface area contributed by atoms with Crippen LogP contribution in [0.4, 0.5) is 0 Å². The summed E-state index contributed by atoms with van der Waals surface area (Å²) in [6.45, 7) is 6.14. The Hall–Kier alpha value is -1.07. The van der Waals surface area contributed by atoms with Gasteiger partial charge >= 0.3 is 0 Å². The minimum atomic E-state index is -0.249. The van der Waals surface area contributed by atoms with Gasteiger partial charge in [0.05, 0.1) is 11.0 Å². The maximum atomic E-state index is 12.2. The first-order valence-electron chi connectivity index (χ1n) is 6.82. The van der Waals surface area contributed by atoms with Crippen LogP contribution in [0.3, 0.4) is 0 Å². The lowest BCUT2D eigenvalue weighted by Gasteiger charge is -2.21. The van der Waals surface area contributed by atoms with Crippen LogP contribution < -0.4 is 5.32 Å². The van der Waals surface area contributed by atoms with Crippen molar-refractivity contribution in [1.29, 1.82) is 0 Å². The summed E-state index contributed by atoms with van der Waals surface area (Å²) >= 11 is 9.31. The second kappa shape index (κ2) is 6.36. The van der Waals surface area contributed by atoms with Crippen LogP contribution in [0.25, 0.3) is 11.0 Å². The topological polar surface area (TPSA) is 46.9 Å². The number of fused-ring (bicyclic) bond motifs is 1. The summed E-state index contributed by atoms with van der Waals surface area (Å²) < 4.78 is 2.90.